The Morgan fingerprint density at radius 3 is 2.94 bits per heavy atom. The first-order chi connectivity index (χ1) is 16.6. The molecule has 1 aromatic carbocycles. The average molecular weight is 501 g/mol. The lowest BCUT2D eigenvalue weighted by atomic mass is 10.1. The number of hydrogen-bond donors (Lipinski definition) is 1. The number of anilines is 1. The van der Waals surface area contributed by atoms with Crippen molar-refractivity contribution in [1.82, 2.24) is 25.1 Å². The van der Waals surface area contributed by atoms with Crippen molar-refractivity contribution in [2.24, 2.45) is 0 Å². The zero-order chi connectivity index (χ0) is 23.5. The van der Waals surface area contributed by atoms with Crippen molar-refractivity contribution in [2.75, 3.05) is 51.5 Å². The van der Waals surface area contributed by atoms with E-state index in [1.807, 2.05) is 24.3 Å². The van der Waals surface area contributed by atoms with E-state index in [9.17, 15) is 8.42 Å². The Morgan fingerprint density at radius 1 is 1.29 bits per heavy atom. The second-order valence-corrected chi connectivity index (χ2v) is 9.73. The van der Waals surface area contributed by atoms with E-state index < -0.39 is 10.3 Å². The summed E-state index contributed by atoms with van der Waals surface area (Å²) in [5, 5.41) is 8.14. The standard InChI is InChI=1S/C22H24N6O4S2/c1-31-8-5-27(14-34(29)30)13-15-11-19-20(33-15)22(28-6-9-32-10-7-28)25-21(24-19)16-3-2-4-18-17(16)12-23-26-18/h2-4,11-12,14H,5-10,13H2,1H3,(H,23,26). The molecule has 0 atom stereocenters. The number of hydrogen-bond acceptors (Lipinski definition) is 9. The Hall–Kier alpha value is -2.90. The molecule has 1 saturated heterocycles. The number of fused-ring (bicyclic) bond motifs is 2. The van der Waals surface area contributed by atoms with E-state index in [-0.39, 0.29) is 0 Å². The van der Waals surface area contributed by atoms with Gasteiger partial charge in [-0.25, -0.2) is 9.97 Å². The van der Waals surface area contributed by atoms with Crippen LogP contribution in [0.5, 0.6) is 0 Å². The fourth-order valence-corrected chi connectivity index (χ4v) is 5.58. The molecule has 0 radical (unpaired) electrons. The van der Waals surface area contributed by atoms with Crippen LogP contribution in [-0.4, -0.2) is 85.5 Å². The number of nitrogens with one attached hydrogen (secondary N) is 1. The number of rotatable bonds is 8. The minimum absolute atomic E-state index is 0.427. The molecule has 4 aromatic rings. The van der Waals surface area contributed by atoms with Gasteiger partial charge in [0.15, 0.2) is 11.6 Å². The van der Waals surface area contributed by atoms with Crippen LogP contribution >= 0.6 is 11.3 Å². The summed E-state index contributed by atoms with van der Waals surface area (Å²) in [4.78, 5) is 14.9. The van der Waals surface area contributed by atoms with Crippen LogP contribution in [0.1, 0.15) is 4.88 Å². The van der Waals surface area contributed by atoms with Gasteiger partial charge in [0.2, 0.25) is 10.3 Å². The zero-order valence-electron chi connectivity index (χ0n) is 18.6. The fraction of sp³-hybridized carbons (Fsp3) is 0.364. The summed E-state index contributed by atoms with van der Waals surface area (Å²) in [7, 11) is -0.701. The first kappa shape index (κ1) is 22.9. The second kappa shape index (κ2) is 10.2. The molecule has 12 heteroatoms. The SMILES string of the molecule is COCCN(C=S(=O)=O)Cc1cc2nc(-c3cccc4[nH]ncc34)nc(N3CCOCC3)c2s1. The van der Waals surface area contributed by atoms with Gasteiger partial charge in [-0.05, 0) is 12.1 Å². The molecular formula is C22H24N6O4S2. The third-order valence-electron chi connectivity index (χ3n) is 5.62. The first-order valence-corrected chi connectivity index (χ1v) is 12.8. The van der Waals surface area contributed by atoms with Crippen molar-refractivity contribution < 1.29 is 17.9 Å². The van der Waals surface area contributed by atoms with Crippen LogP contribution in [-0.2, 0) is 26.3 Å². The lowest BCUT2D eigenvalue weighted by Gasteiger charge is -2.28. The molecule has 1 aliphatic heterocycles. The smallest absolute Gasteiger partial charge is 0.225 e. The van der Waals surface area contributed by atoms with Gasteiger partial charge in [0, 0.05) is 49.1 Å². The summed E-state index contributed by atoms with van der Waals surface area (Å²) in [5.74, 6) is 1.51. The summed E-state index contributed by atoms with van der Waals surface area (Å²) >= 11 is 1.59. The summed E-state index contributed by atoms with van der Waals surface area (Å²) < 4.78 is 34.3. The van der Waals surface area contributed by atoms with Gasteiger partial charge >= 0.3 is 0 Å². The van der Waals surface area contributed by atoms with Gasteiger partial charge in [0.05, 0.1) is 41.8 Å². The molecule has 34 heavy (non-hydrogen) atoms. The van der Waals surface area contributed by atoms with Crippen molar-refractivity contribution >= 4 is 54.1 Å². The number of morpholine rings is 1. The molecular weight excluding hydrogens is 476 g/mol. The number of aromatic nitrogens is 4. The van der Waals surface area contributed by atoms with Gasteiger partial charge in [-0.1, -0.05) is 12.1 Å². The highest BCUT2D eigenvalue weighted by Gasteiger charge is 2.21. The Morgan fingerprint density at radius 2 is 2.15 bits per heavy atom. The predicted octanol–water partition coefficient (Wildman–Crippen LogP) is 2.16. The summed E-state index contributed by atoms with van der Waals surface area (Å²) in [5.41, 5.74) is 3.87. The Balaban J connectivity index is 1.60. The van der Waals surface area contributed by atoms with E-state index >= 15 is 0 Å². The molecule has 0 spiro atoms. The number of H-pyrrole nitrogens is 1. The molecule has 3 aromatic heterocycles. The molecule has 1 fully saturated rings. The van der Waals surface area contributed by atoms with E-state index in [0.717, 1.165) is 50.5 Å². The maximum atomic E-state index is 11.3. The first-order valence-electron chi connectivity index (χ1n) is 10.8. The van der Waals surface area contributed by atoms with Crippen LogP contribution in [0.15, 0.2) is 30.5 Å². The average Bonchev–Trinajstić information content (AvgIpc) is 3.48. The molecule has 0 amide bonds. The number of thiophene rings is 1. The molecule has 1 aliphatic rings. The minimum atomic E-state index is -2.30. The molecule has 0 bridgehead atoms. The largest absolute Gasteiger partial charge is 0.383 e. The van der Waals surface area contributed by atoms with Crippen molar-refractivity contribution in [2.45, 2.75) is 6.54 Å². The van der Waals surface area contributed by atoms with Crippen LogP contribution < -0.4 is 4.90 Å². The summed E-state index contributed by atoms with van der Waals surface area (Å²) in [6, 6.07) is 7.96. The van der Waals surface area contributed by atoms with E-state index in [1.165, 1.54) is 5.49 Å². The molecule has 10 nitrogen and oxygen atoms in total. The van der Waals surface area contributed by atoms with Crippen molar-refractivity contribution in [3.8, 4) is 11.4 Å². The molecule has 4 heterocycles. The third kappa shape index (κ3) is 4.81. The van der Waals surface area contributed by atoms with Gasteiger partial charge in [-0.2, -0.15) is 13.5 Å². The number of aromatic amines is 1. The Kier molecular flexibility index (Phi) is 6.83. The van der Waals surface area contributed by atoms with Crippen LogP contribution in [0.25, 0.3) is 32.5 Å². The lowest BCUT2D eigenvalue weighted by molar-refractivity contribution is 0.122. The maximum Gasteiger partial charge on any atom is 0.225 e. The van der Waals surface area contributed by atoms with E-state index in [0.29, 0.717) is 38.7 Å². The van der Waals surface area contributed by atoms with Crippen molar-refractivity contribution in [1.29, 1.82) is 0 Å². The molecule has 5 rings (SSSR count). The molecule has 1 N–H and O–H groups in total. The van der Waals surface area contributed by atoms with Crippen LogP contribution in [0, 0.1) is 0 Å². The van der Waals surface area contributed by atoms with Crippen LogP contribution in [0.2, 0.25) is 0 Å². The van der Waals surface area contributed by atoms with Crippen molar-refractivity contribution in [3.63, 3.8) is 0 Å². The van der Waals surface area contributed by atoms with Crippen LogP contribution in [0.3, 0.4) is 0 Å². The van der Waals surface area contributed by atoms with Crippen LogP contribution in [0.4, 0.5) is 5.82 Å². The number of methoxy groups -OCH3 is 1. The highest BCUT2D eigenvalue weighted by molar-refractivity contribution is 7.71. The Bertz CT molecular complexity index is 1430. The van der Waals surface area contributed by atoms with E-state index in [1.54, 1.807) is 29.5 Å². The maximum absolute atomic E-state index is 11.3. The number of nitrogens with zero attached hydrogens (tertiary/aromatic N) is 5. The van der Waals surface area contributed by atoms with Crippen molar-refractivity contribution in [3.05, 3.63) is 35.3 Å². The minimum Gasteiger partial charge on any atom is -0.383 e. The lowest BCUT2D eigenvalue weighted by Crippen LogP contribution is -2.36. The van der Waals surface area contributed by atoms with Gasteiger partial charge in [0.25, 0.3) is 0 Å². The second-order valence-electron chi connectivity index (χ2n) is 7.86. The molecule has 0 saturated carbocycles. The van der Waals surface area contributed by atoms with Gasteiger partial charge in [-0.15, -0.1) is 11.3 Å². The Labute approximate surface area is 201 Å². The van der Waals surface area contributed by atoms with Gasteiger partial charge in [-0.3, -0.25) is 10.00 Å². The molecule has 0 unspecified atom stereocenters. The number of benzene rings is 1. The third-order valence-corrected chi connectivity index (χ3v) is 7.19. The predicted molar refractivity (Wildman–Crippen MR) is 133 cm³/mol. The van der Waals surface area contributed by atoms with E-state index in [2.05, 4.69) is 15.1 Å². The summed E-state index contributed by atoms with van der Waals surface area (Å²) in [6.07, 6.45) is 1.79. The normalized spacial score (nSPS) is 14.4. The monoisotopic (exact) mass is 500 g/mol. The number of ether oxygens (including phenoxy) is 2. The molecule has 178 valence electrons. The highest BCUT2D eigenvalue weighted by atomic mass is 32.2. The van der Waals surface area contributed by atoms with Gasteiger partial charge in [0.1, 0.15) is 5.49 Å². The fourth-order valence-electron chi connectivity index (χ4n) is 4.01. The summed E-state index contributed by atoms with van der Waals surface area (Å²) in [6.45, 7) is 4.12. The van der Waals surface area contributed by atoms with Gasteiger partial charge < -0.3 is 14.4 Å². The zero-order valence-corrected chi connectivity index (χ0v) is 20.2. The quantitative estimate of drug-likeness (QED) is 0.364. The van der Waals surface area contributed by atoms with E-state index in [4.69, 9.17) is 19.4 Å². The molecule has 0 aliphatic carbocycles. The topological polar surface area (TPSA) is 114 Å². The highest BCUT2D eigenvalue weighted by Crippen LogP contribution is 2.36.